The molecule has 0 aliphatic carbocycles. The summed E-state index contributed by atoms with van der Waals surface area (Å²) in [4.78, 5) is 35.3. The first kappa shape index (κ1) is 45.8. The van der Waals surface area contributed by atoms with E-state index in [2.05, 4.69) is 0 Å². The van der Waals surface area contributed by atoms with E-state index in [0.717, 1.165) is 41.3 Å². The van der Waals surface area contributed by atoms with Crippen molar-refractivity contribution in [2.24, 2.45) is 0 Å². The van der Waals surface area contributed by atoms with Gasteiger partial charge in [-0.3, -0.25) is 4.79 Å². The molecule has 0 heterocycles. The summed E-state index contributed by atoms with van der Waals surface area (Å²) in [5.41, 5.74) is 39.9. The van der Waals surface area contributed by atoms with Crippen molar-refractivity contribution in [2.75, 3.05) is 60.8 Å². The third-order valence-electron chi connectivity index (χ3n) is 8.42. The summed E-state index contributed by atoms with van der Waals surface area (Å²) in [5.74, 6) is 0.763. The molecule has 0 fully saturated rings. The average molecular weight is 825 g/mol. The molecule has 12 N–H and O–H groups in total. The summed E-state index contributed by atoms with van der Waals surface area (Å²) in [5, 5.41) is 0. The fourth-order valence-electron chi connectivity index (χ4n) is 5.08. The Morgan fingerprint density at radius 3 is 1.18 bits per heavy atom. The van der Waals surface area contributed by atoms with Gasteiger partial charge in [0.05, 0.1) is 37.6 Å². The van der Waals surface area contributed by atoms with Gasteiger partial charge in [0.25, 0.3) is 0 Å². The van der Waals surface area contributed by atoms with Crippen LogP contribution < -0.4 is 43.9 Å². The standard InChI is InChI=1S/C17H18N2O4.C16H20N2O2.C15H14N2O/c18-14-6-2-12(3-7-14)16(20)22-10-1-11-23-17(21)13-4-8-15(19)9-5-13;17-13-3-7-15(8-4-13)19-11-1-2-12-20-16-9-5-14(18)6-10-16;16-13-7-5-12(6-8-13)15(18)9-4-11-2-1-3-14(17)10-11/h2-9H,1,10-11,18-19H2;3-10H,1-2,11-12,17-18H2;1-10H,16-17H2. The van der Waals surface area contributed by atoms with Crippen LogP contribution in [-0.4, -0.2) is 44.1 Å². The second-order valence-corrected chi connectivity index (χ2v) is 13.4. The van der Waals surface area contributed by atoms with Gasteiger partial charge in [0.15, 0.2) is 5.78 Å². The van der Waals surface area contributed by atoms with E-state index in [4.69, 9.17) is 53.3 Å². The number of carbonyl (C=O) groups is 3. The molecule has 0 saturated carbocycles. The van der Waals surface area contributed by atoms with E-state index >= 15 is 0 Å². The summed E-state index contributed by atoms with van der Waals surface area (Å²) in [7, 11) is 0. The van der Waals surface area contributed by atoms with Gasteiger partial charge in [-0.05, 0) is 158 Å². The number of hydrogen-bond donors (Lipinski definition) is 6. The fraction of sp³-hybridized carbons (Fsp3) is 0.146. The van der Waals surface area contributed by atoms with Crippen molar-refractivity contribution in [1.82, 2.24) is 0 Å². The number of rotatable bonds is 16. The molecule has 0 radical (unpaired) electrons. The molecule has 13 nitrogen and oxygen atoms in total. The quantitative estimate of drug-likeness (QED) is 0.0178. The third-order valence-corrected chi connectivity index (χ3v) is 8.42. The summed E-state index contributed by atoms with van der Waals surface area (Å²) >= 11 is 0. The van der Waals surface area contributed by atoms with Crippen LogP contribution in [0.15, 0.2) is 152 Å². The van der Waals surface area contributed by atoms with Crippen LogP contribution in [0.2, 0.25) is 0 Å². The minimum absolute atomic E-state index is 0.0579. The zero-order valence-corrected chi connectivity index (χ0v) is 33.8. The van der Waals surface area contributed by atoms with Gasteiger partial charge in [-0.15, -0.1) is 0 Å². The summed E-state index contributed by atoms with van der Waals surface area (Å²) < 4.78 is 21.4. The fourth-order valence-corrected chi connectivity index (χ4v) is 5.08. The van der Waals surface area contributed by atoms with Crippen molar-refractivity contribution in [2.45, 2.75) is 19.3 Å². The van der Waals surface area contributed by atoms with Gasteiger partial charge in [-0.25, -0.2) is 9.59 Å². The maximum atomic E-state index is 11.9. The van der Waals surface area contributed by atoms with Gasteiger partial charge in [-0.1, -0.05) is 18.2 Å². The Kier molecular flexibility index (Phi) is 18.6. The van der Waals surface area contributed by atoms with Gasteiger partial charge in [-0.2, -0.15) is 0 Å². The molecule has 0 aromatic heterocycles. The van der Waals surface area contributed by atoms with Gasteiger partial charge in [0, 0.05) is 46.1 Å². The molecule has 0 unspecified atom stereocenters. The molecular formula is C48H52N6O7. The lowest BCUT2D eigenvalue weighted by Gasteiger charge is -2.08. The van der Waals surface area contributed by atoms with E-state index in [1.54, 1.807) is 84.9 Å². The van der Waals surface area contributed by atoms with Gasteiger partial charge in [0.2, 0.25) is 0 Å². The number of carbonyl (C=O) groups excluding carboxylic acids is 3. The highest BCUT2D eigenvalue weighted by Gasteiger charge is 2.09. The summed E-state index contributed by atoms with van der Waals surface area (Å²) in [6.45, 7) is 1.68. The molecule has 13 heteroatoms. The number of hydrogen-bond acceptors (Lipinski definition) is 13. The highest BCUT2D eigenvalue weighted by Crippen LogP contribution is 2.16. The molecule has 0 aliphatic heterocycles. The van der Waals surface area contributed by atoms with Crippen LogP contribution in [0.4, 0.5) is 34.1 Å². The van der Waals surface area contributed by atoms with E-state index in [0.29, 0.717) is 59.1 Å². The molecule has 6 aromatic rings. The minimum Gasteiger partial charge on any atom is -0.494 e. The van der Waals surface area contributed by atoms with Crippen LogP contribution in [-0.2, 0) is 9.47 Å². The molecule has 0 atom stereocenters. The molecule has 0 saturated heterocycles. The molecule has 0 amide bonds. The molecule has 0 spiro atoms. The van der Waals surface area contributed by atoms with Gasteiger partial charge in [0.1, 0.15) is 11.5 Å². The van der Waals surface area contributed by atoms with Crippen LogP contribution in [0.3, 0.4) is 0 Å². The number of unbranched alkanes of at least 4 members (excludes halogenated alkanes) is 1. The Bertz CT molecular complexity index is 2170. The molecule has 0 bridgehead atoms. The number of esters is 2. The molecule has 6 aromatic carbocycles. The van der Waals surface area contributed by atoms with Crippen LogP contribution in [0.1, 0.15) is 55.9 Å². The summed E-state index contributed by atoms with van der Waals surface area (Å²) in [6.07, 6.45) is 5.58. The number of benzene rings is 6. The highest BCUT2D eigenvalue weighted by molar-refractivity contribution is 6.07. The Morgan fingerprint density at radius 1 is 0.410 bits per heavy atom. The number of ketones is 1. The number of nitrogens with two attached hydrogens (primary N) is 6. The lowest BCUT2D eigenvalue weighted by atomic mass is 10.1. The van der Waals surface area contributed by atoms with Crippen LogP contribution in [0.5, 0.6) is 11.5 Å². The van der Waals surface area contributed by atoms with E-state index in [-0.39, 0.29) is 19.0 Å². The zero-order valence-electron chi connectivity index (χ0n) is 33.8. The van der Waals surface area contributed by atoms with Gasteiger partial charge < -0.3 is 53.3 Å². The van der Waals surface area contributed by atoms with E-state index in [9.17, 15) is 14.4 Å². The van der Waals surface area contributed by atoms with Crippen molar-refractivity contribution in [3.05, 3.63) is 174 Å². The molecular weight excluding hydrogens is 773 g/mol. The third kappa shape index (κ3) is 17.6. The monoisotopic (exact) mass is 824 g/mol. The number of nitrogen functional groups attached to an aromatic ring is 6. The van der Waals surface area contributed by atoms with E-state index < -0.39 is 11.9 Å². The Labute approximate surface area is 355 Å². The number of allylic oxidation sites excluding steroid dienone is 1. The summed E-state index contributed by atoms with van der Waals surface area (Å²) in [6, 6.07) is 41.9. The predicted octanol–water partition coefficient (Wildman–Crippen LogP) is 8.09. The Morgan fingerprint density at radius 2 is 0.787 bits per heavy atom. The number of anilines is 6. The first-order valence-corrected chi connectivity index (χ1v) is 19.4. The maximum absolute atomic E-state index is 11.9. The number of ether oxygens (including phenoxy) is 4. The Balaban J connectivity index is 0.000000203. The lowest BCUT2D eigenvalue weighted by Crippen LogP contribution is -2.11. The lowest BCUT2D eigenvalue weighted by molar-refractivity contribution is 0.0395. The van der Waals surface area contributed by atoms with E-state index in [1.807, 2.05) is 66.7 Å². The van der Waals surface area contributed by atoms with Crippen LogP contribution in [0, 0.1) is 0 Å². The molecule has 6 rings (SSSR count). The average Bonchev–Trinajstić information content (AvgIpc) is 3.26. The van der Waals surface area contributed by atoms with E-state index in [1.165, 1.54) is 6.08 Å². The normalized spacial score (nSPS) is 10.3. The van der Waals surface area contributed by atoms with Crippen molar-refractivity contribution in [3.8, 4) is 11.5 Å². The maximum Gasteiger partial charge on any atom is 0.338 e. The van der Waals surface area contributed by atoms with Crippen LogP contribution in [0.25, 0.3) is 6.08 Å². The molecule has 316 valence electrons. The molecule has 61 heavy (non-hydrogen) atoms. The first-order valence-electron chi connectivity index (χ1n) is 19.4. The van der Waals surface area contributed by atoms with Crippen molar-refractivity contribution >= 4 is 57.9 Å². The second kappa shape index (κ2) is 24.8. The highest BCUT2D eigenvalue weighted by atomic mass is 16.5. The van der Waals surface area contributed by atoms with Crippen LogP contribution >= 0.6 is 0 Å². The smallest absolute Gasteiger partial charge is 0.338 e. The zero-order chi connectivity index (χ0) is 43.8. The topological polar surface area (TPSA) is 244 Å². The molecule has 0 aliphatic rings. The van der Waals surface area contributed by atoms with Gasteiger partial charge >= 0.3 is 11.9 Å². The second-order valence-electron chi connectivity index (χ2n) is 13.4. The van der Waals surface area contributed by atoms with Crippen molar-refractivity contribution in [3.63, 3.8) is 0 Å². The van der Waals surface area contributed by atoms with Crippen molar-refractivity contribution in [1.29, 1.82) is 0 Å². The van der Waals surface area contributed by atoms with Crippen molar-refractivity contribution < 1.29 is 33.3 Å². The first-order chi connectivity index (χ1) is 29.4. The SMILES string of the molecule is Nc1ccc(C(=O)C=Cc2cccc(N)c2)cc1.Nc1ccc(C(=O)OCCCOC(=O)c2ccc(N)cc2)cc1.Nc1ccc(OCCCCOc2ccc(N)cc2)cc1. The Hall–Kier alpha value is -7.93. The largest absolute Gasteiger partial charge is 0.494 e. The predicted molar refractivity (Wildman–Crippen MR) is 244 cm³/mol. The minimum atomic E-state index is -0.435.